The van der Waals surface area contributed by atoms with Crippen LogP contribution in [-0.2, 0) is 19.6 Å². The van der Waals surface area contributed by atoms with Gasteiger partial charge in [0.25, 0.3) is 10.0 Å². The lowest BCUT2D eigenvalue weighted by Gasteiger charge is -2.35. The fourth-order valence-electron chi connectivity index (χ4n) is 3.21. The van der Waals surface area contributed by atoms with Gasteiger partial charge in [0.05, 0.1) is 13.2 Å². The summed E-state index contributed by atoms with van der Waals surface area (Å²) >= 11 is 0. The third kappa shape index (κ3) is 4.69. The van der Waals surface area contributed by atoms with Gasteiger partial charge in [0.15, 0.2) is 5.84 Å². The summed E-state index contributed by atoms with van der Waals surface area (Å²) in [6, 6.07) is 6.57. The van der Waals surface area contributed by atoms with E-state index in [1.54, 1.807) is 39.9 Å². The van der Waals surface area contributed by atoms with Crippen molar-refractivity contribution in [1.82, 2.24) is 14.7 Å². The van der Waals surface area contributed by atoms with E-state index < -0.39 is 10.0 Å². The lowest BCUT2D eigenvalue weighted by molar-refractivity contribution is -0.132. The van der Waals surface area contributed by atoms with Crippen molar-refractivity contribution in [3.05, 3.63) is 29.8 Å². The minimum atomic E-state index is -3.73. The molecule has 0 spiro atoms. The molecule has 0 N–H and O–H groups in total. The van der Waals surface area contributed by atoms with Gasteiger partial charge in [0, 0.05) is 38.8 Å². The quantitative estimate of drug-likeness (QED) is 0.718. The van der Waals surface area contributed by atoms with E-state index in [2.05, 4.69) is 4.40 Å². The number of carbonyl (C=O) groups is 2. The zero-order valence-corrected chi connectivity index (χ0v) is 17.7. The number of sulfonamides is 1. The first-order valence-corrected chi connectivity index (χ1v) is 11.0. The maximum Gasteiger partial charge on any atom is 0.409 e. The van der Waals surface area contributed by atoms with Crippen LogP contribution < -0.4 is 0 Å². The molecule has 0 saturated carbocycles. The van der Waals surface area contributed by atoms with Crippen LogP contribution in [0.2, 0.25) is 0 Å². The van der Waals surface area contributed by atoms with Crippen molar-refractivity contribution in [1.29, 1.82) is 0 Å². The summed E-state index contributed by atoms with van der Waals surface area (Å²) in [6.45, 7) is 5.94. The number of benzene rings is 1. The standard InChI is InChI=1S/C19H26N4O5S/c1-14(2)13-28-19(25)23-10-8-22(9-11-23)17(24)12-21(3)18-15-6-4-5-7-16(15)29(26,27)20-18/h4-7,14H,8-13H2,1-3H3. The van der Waals surface area contributed by atoms with Gasteiger partial charge in [0.2, 0.25) is 5.91 Å². The second kappa shape index (κ2) is 8.40. The second-order valence-electron chi connectivity index (χ2n) is 7.58. The Morgan fingerprint density at radius 1 is 1.14 bits per heavy atom. The maximum absolute atomic E-state index is 12.7. The number of ether oxygens (including phenoxy) is 1. The second-order valence-corrected chi connectivity index (χ2v) is 9.15. The maximum atomic E-state index is 12.7. The number of rotatable bonds is 4. The van der Waals surface area contributed by atoms with Gasteiger partial charge in [-0.15, -0.1) is 4.40 Å². The lowest BCUT2D eigenvalue weighted by Crippen LogP contribution is -2.53. The molecular weight excluding hydrogens is 396 g/mol. The molecule has 0 radical (unpaired) electrons. The Hall–Kier alpha value is -2.62. The predicted molar refractivity (Wildman–Crippen MR) is 107 cm³/mol. The third-order valence-electron chi connectivity index (χ3n) is 4.78. The molecule has 29 heavy (non-hydrogen) atoms. The van der Waals surface area contributed by atoms with E-state index in [1.807, 2.05) is 13.8 Å². The molecule has 2 heterocycles. The zero-order chi connectivity index (χ0) is 21.2. The molecule has 0 aliphatic carbocycles. The Kier molecular flexibility index (Phi) is 6.11. The van der Waals surface area contributed by atoms with Crippen LogP contribution in [0.3, 0.4) is 0 Å². The summed E-state index contributed by atoms with van der Waals surface area (Å²) in [5, 5.41) is 0. The number of hydrogen-bond acceptors (Lipinski definition) is 6. The highest BCUT2D eigenvalue weighted by molar-refractivity contribution is 7.90. The molecule has 2 aliphatic rings. The van der Waals surface area contributed by atoms with Crippen molar-refractivity contribution in [2.45, 2.75) is 18.7 Å². The van der Waals surface area contributed by atoms with E-state index in [1.165, 1.54) is 6.07 Å². The molecule has 0 bridgehead atoms. The Morgan fingerprint density at radius 2 is 1.76 bits per heavy atom. The van der Waals surface area contributed by atoms with E-state index in [4.69, 9.17) is 4.74 Å². The monoisotopic (exact) mass is 422 g/mol. The molecule has 1 aromatic rings. The van der Waals surface area contributed by atoms with Gasteiger partial charge in [-0.05, 0) is 18.1 Å². The Balaban J connectivity index is 1.56. The van der Waals surface area contributed by atoms with Gasteiger partial charge in [-0.3, -0.25) is 4.79 Å². The third-order valence-corrected chi connectivity index (χ3v) is 6.10. The molecule has 0 unspecified atom stereocenters. The number of piperazine rings is 1. The molecule has 0 aromatic heterocycles. The van der Waals surface area contributed by atoms with Crippen LogP contribution in [0.1, 0.15) is 19.4 Å². The molecule has 0 atom stereocenters. The van der Waals surface area contributed by atoms with E-state index >= 15 is 0 Å². The Morgan fingerprint density at radius 3 is 2.41 bits per heavy atom. The molecule has 10 heteroatoms. The smallest absolute Gasteiger partial charge is 0.409 e. The number of nitrogens with zero attached hydrogens (tertiary/aromatic N) is 4. The number of carbonyl (C=O) groups excluding carboxylic acids is 2. The van der Waals surface area contributed by atoms with E-state index in [0.29, 0.717) is 38.3 Å². The number of amidine groups is 1. The van der Waals surface area contributed by atoms with Crippen molar-refractivity contribution in [2.24, 2.45) is 10.3 Å². The SMILES string of the molecule is CC(C)COC(=O)N1CCN(C(=O)CN(C)C2=NS(=O)(=O)c3ccccc32)CC1. The van der Waals surface area contributed by atoms with Crippen LogP contribution in [0.4, 0.5) is 4.79 Å². The Labute approximate surface area is 171 Å². The van der Waals surface area contributed by atoms with Crippen LogP contribution in [-0.4, -0.2) is 87.3 Å². The van der Waals surface area contributed by atoms with Gasteiger partial charge in [0.1, 0.15) is 4.90 Å². The van der Waals surface area contributed by atoms with Crippen LogP contribution in [0.5, 0.6) is 0 Å². The van der Waals surface area contributed by atoms with Crippen molar-refractivity contribution < 1.29 is 22.7 Å². The van der Waals surface area contributed by atoms with Gasteiger partial charge in [-0.25, -0.2) is 4.79 Å². The highest BCUT2D eigenvalue weighted by Crippen LogP contribution is 2.26. The molecule has 1 fully saturated rings. The van der Waals surface area contributed by atoms with Gasteiger partial charge < -0.3 is 19.4 Å². The van der Waals surface area contributed by atoms with Crippen molar-refractivity contribution >= 4 is 27.9 Å². The Bertz CT molecular complexity index is 920. The van der Waals surface area contributed by atoms with Crippen molar-refractivity contribution in [3.8, 4) is 0 Å². The fourth-order valence-corrected chi connectivity index (χ4v) is 4.46. The molecule has 2 amide bonds. The summed E-state index contributed by atoms with van der Waals surface area (Å²) in [5.41, 5.74) is 0.500. The molecule has 1 aromatic carbocycles. The molecule has 1 saturated heterocycles. The van der Waals surface area contributed by atoms with Crippen LogP contribution in [0.15, 0.2) is 33.6 Å². The van der Waals surface area contributed by atoms with Crippen molar-refractivity contribution in [3.63, 3.8) is 0 Å². The first-order valence-electron chi connectivity index (χ1n) is 9.54. The van der Waals surface area contributed by atoms with Gasteiger partial charge in [-0.1, -0.05) is 26.0 Å². The average Bonchev–Trinajstić information content (AvgIpc) is 2.97. The highest BCUT2D eigenvalue weighted by Gasteiger charge is 2.32. The summed E-state index contributed by atoms with van der Waals surface area (Å²) in [6.07, 6.45) is -0.356. The molecular formula is C19H26N4O5S. The number of hydrogen-bond donors (Lipinski definition) is 0. The van der Waals surface area contributed by atoms with Crippen LogP contribution in [0.25, 0.3) is 0 Å². The summed E-state index contributed by atoms with van der Waals surface area (Å²) in [5.74, 6) is 0.391. The normalized spacial score (nSPS) is 17.7. The zero-order valence-electron chi connectivity index (χ0n) is 16.9. The molecule has 3 rings (SSSR count). The largest absolute Gasteiger partial charge is 0.449 e. The molecule has 9 nitrogen and oxygen atoms in total. The van der Waals surface area contributed by atoms with Crippen molar-refractivity contribution in [2.75, 3.05) is 46.4 Å². The summed E-state index contributed by atoms with van der Waals surface area (Å²) in [7, 11) is -2.08. The van der Waals surface area contributed by atoms with E-state index in [0.717, 1.165) is 0 Å². The molecule has 2 aliphatic heterocycles. The minimum absolute atomic E-state index is 0.000480. The number of likely N-dealkylation sites (N-methyl/N-ethyl adjacent to an activating group) is 1. The minimum Gasteiger partial charge on any atom is -0.449 e. The van der Waals surface area contributed by atoms with E-state index in [9.17, 15) is 18.0 Å². The first-order chi connectivity index (χ1) is 13.7. The fraction of sp³-hybridized carbons (Fsp3) is 0.526. The first kappa shape index (κ1) is 21.1. The topological polar surface area (TPSA) is 99.6 Å². The van der Waals surface area contributed by atoms with Crippen LogP contribution in [0, 0.1) is 5.92 Å². The number of fused-ring (bicyclic) bond motifs is 1. The van der Waals surface area contributed by atoms with Gasteiger partial charge >= 0.3 is 6.09 Å². The highest BCUT2D eigenvalue weighted by atomic mass is 32.2. The average molecular weight is 423 g/mol. The summed E-state index contributed by atoms with van der Waals surface area (Å²) in [4.78, 5) is 29.7. The summed E-state index contributed by atoms with van der Waals surface area (Å²) < 4.78 is 33.4. The lowest BCUT2D eigenvalue weighted by atomic mass is 10.2. The van der Waals surface area contributed by atoms with Crippen LogP contribution >= 0.6 is 0 Å². The molecule has 158 valence electrons. The predicted octanol–water partition coefficient (Wildman–Crippen LogP) is 1.00. The number of amides is 2. The van der Waals surface area contributed by atoms with E-state index in [-0.39, 0.29) is 35.2 Å². The van der Waals surface area contributed by atoms with Gasteiger partial charge in [-0.2, -0.15) is 8.42 Å².